The van der Waals surface area contributed by atoms with Crippen molar-refractivity contribution in [3.05, 3.63) is 65.7 Å². The van der Waals surface area contributed by atoms with E-state index in [9.17, 15) is 14.4 Å². The number of esters is 1. The lowest BCUT2D eigenvalue weighted by Crippen LogP contribution is -2.44. The molecular formula is C22H22N2O4. The number of imide groups is 1. The SMILES string of the molecule is CCOC(=O)[C@H]1N[C@@H](c2ccc(C)cc2)[C@H]2C(=O)N(c3ccccc3)C(=O)[C@H]21. The van der Waals surface area contributed by atoms with Gasteiger partial charge in [-0.1, -0.05) is 48.0 Å². The highest BCUT2D eigenvalue weighted by molar-refractivity contribution is 6.23. The van der Waals surface area contributed by atoms with Gasteiger partial charge >= 0.3 is 5.97 Å². The van der Waals surface area contributed by atoms with Crippen molar-refractivity contribution < 1.29 is 19.1 Å². The Balaban J connectivity index is 1.75. The predicted molar refractivity (Wildman–Crippen MR) is 103 cm³/mol. The summed E-state index contributed by atoms with van der Waals surface area (Å²) >= 11 is 0. The largest absolute Gasteiger partial charge is 0.465 e. The smallest absolute Gasteiger partial charge is 0.324 e. The van der Waals surface area contributed by atoms with Crippen LogP contribution in [0.1, 0.15) is 24.1 Å². The minimum atomic E-state index is -0.846. The molecule has 4 atom stereocenters. The van der Waals surface area contributed by atoms with Crippen LogP contribution in [0.4, 0.5) is 5.69 Å². The molecule has 0 unspecified atom stereocenters. The molecule has 144 valence electrons. The number of rotatable bonds is 4. The number of aryl methyl sites for hydroxylation is 1. The molecule has 0 radical (unpaired) electrons. The Hall–Kier alpha value is -2.99. The van der Waals surface area contributed by atoms with Crippen molar-refractivity contribution in [1.29, 1.82) is 0 Å². The summed E-state index contributed by atoms with van der Waals surface area (Å²) in [5, 5.41) is 3.20. The third-order valence-corrected chi connectivity index (χ3v) is 5.47. The van der Waals surface area contributed by atoms with Crippen molar-refractivity contribution in [2.45, 2.75) is 25.9 Å². The highest BCUT2D eigenvalue weighted by Crippen LogP contribution is 2.45. The van der Waals surface area contributed by atoms with Gasteiger partial charge < -0.3 is 4.74 Å². The third-order valence-electron chi connectivity index (χ3n) is 5.47. The molecule has 0 spiro atoms. The second-order valence-corrected chi connectivity index (χ2v) is 7.18. The van der Waals surface area contributed by atoms with E-state index in [2.05, 4.69) is 5.32 Å². The Morgan fingerprint density at radius 2 is 1.64 bits per heavy atom. The lowest BCUT2D eigenvalue weighted by molar-refractivity contribution is -0.148. The zero-order valence-corrected chi connectivity index (χ0v) is 15.8. The van der Waals surface area contributed by atoms with Crippen LogP contribution < -0.4 is 10.2 Å². The Morgan fingerprint density at radius 3 is 2.29 bits per heavy atom. The summed E-state index contributed by atoms with van der Waals surface area (Å²) in [5.74, 6) is -2.57. The minimum absolute atomic E-state index is 0.216. The van der Waals surface area contributed by atoms with Crippen LogP contribution in [-0.4, -0.2) is 30.4 Å². The molecular weight excluding hydrogens is 356 g/mol. The molecule has 6 heteroatoms. The highest BCUT2D eigenvalue weighted by atomic mass is 16.5. The van der Waals surface area contributed by atoms with Gasteiger partial charge in [0.2, 0.25) is 11.8 Å². The first-order valence-corrected chi connectivity index (χ1v) is 9.45. The summed E-state index contributed by atoms with van der Waals surface area (Å²) in [5.41, 5.74) is 2.50. The van der Waals surface area contributed by atoms with Crippen molar-refractivity contribution in [3.63, 3.8) is 0 Å². The lowest BCUT2D eigenvalue weighted by atomic mass is 9.86. The Labute approximate surface area is 163 Å². The number of nitrogens with one attached hydrogen (secondary N) is 1. The maximum absolute atomic E-state index is 13.3. The number of hydrogen-bond acceptors (Lipinski definition) is 5. The van der Waals surface area contributed by atoms with E-state index >= 15 is 0 Å². The van der Waals surface area contributed by atoms with Crippen LogP contribution in [0.15, 0.2) is 54.6 Å². The quantitative estimate of drug-likeness (QED) is 0.653. The molecule has 2 aliphatic heterocycles. The number of fused-ring (bicyclic) bond motifs is 1. The number of ether oxygens (including phenoxy) is 1. The van der Waals surface area contributed by atoms with E-state index in [4.69, 9.17) is 4.74 Å². The summed E-state index contributed by atoms with van der Waals surface area (Å²) < 4.78 is 5.18. The van der Waals surface area contributed by atoms with Crippen molar-refractivity contribution in [1.82, 2.24) is 5.32 Å². The highest BCUT2D eigenvalue weighted by Gasteiger charge is 2.61. The summed E-state index contributed by atoms with van der Waals surface area (Å²) in [6.45, 7) is 3.92. The molecule has 28 heavy (non-hydrogen) atoms. The maximum atomic E-state index is 13.3. The second kappa shape index (κ2) is 7.20. The van der Waals surface area contributed by atoms with Crippen molar-refractivity contribution in [2.75, 3.05) is 11.5 Å². The fraction of sp³-hybridized carbons (Fsp3) is 0.318. The Kier molecular flexibility index (Phi) is 4.73. The monoisotopic (exact) mass is 378 g/mol. The van der Waals surface area contributed by atoms with E-state index in [1.807, 2.05) is 37.3 Å². The molecule has 2 aromatic carbocycles. The first-order valence-electron chi connectivity index (χ1n) is 9.45. The first kappa shape index (κ1) is 18.4. The number of carbonyl (C=O) groups excluding carboxylic acids is 3. The summed E-state index contributed by atoms with van der Waals surface area (Å²) in [6.07, 6.45) is 0. The first-order chi connectivity index (χ1) is 13.5. The van der Waals surface area contributed by atoms with E-state index < -0.39 is 29.9 Å². The van der Waals surface area contributed by atoms with E-state index in [-0.39, 0.29) is 18.4 Å². The number of amides is 2. The average molecular weight is 378 g/mol. The lowest BCUT2D eigenvalue weighted by Gasteiger charge is -2.22. The van der Waals surface area contributed by atoms with Gasteiger partial charge in [0, 0.05) is 6.04 Å². The van der Waals surface area contributed by atoms with Crippen molar-refractivity contribution in [2.24, 2.45) is 11.8 Å². The second-order valence-electron chi connectivity index (χ2n) is 7.18. The molecule has 2 heterocycles. The van der Waals surface area contributed by atoms with Crippen LogP contribution in [0.25, 0.3) is 0 Å². The molecule has 0 aromatic heterocycles. The van der Waals surface area contributed by atoms with Gasteiger partial charge in [0.25, 0.3) is 0 Å². The van der Waals surface area contributed by atoms with Gasteiger partial charge in [0.15, 0.2) is 0 Å². The number of nitrogens with zero attached hydrogens (tertiary/aromatic N) is 1. The van der Waals surface area contributed by atoms with Gasteiger partial charge in [-0.15, -0.1) is 0 Å². The fourth-order valence-electron chi connectivity index (χ4n) is 4.17. The Bertz CT molecular complexity index is 910. The van der Waals surface area contributed by atoms with Crippen LogP contribution in [0.3, 0.4) is 0 Å². The van der Waals surface area contributed by atoms with Crippen LogP contribution in [0.2, 0.25) is 0 Å². The van der Waals surface area contributed by atoms with Crippen LogP contribution in [0.5, 0.6) is 0 Å². The van der Waals surface area contributed by atoms with Gasteiger partial charge in [0.1, 0.15) is 6.04 Å². The van der Waals surface area contributed by atoms with Gasteiger partial charge in [0.05, 0.1) is 24.1 Å². The Morgan fingerprint density at radius 1 is 1.00 bits per heavy atom. The van der Waals surface area contributed by atoms with Crippen LogP contribution >= 0.6 is 0 Å². The number of carbonyl (C=O) groups is 3. The fourth-order valence-corrected chi connectivity index (χ4v) is 4.17. The standard InChI is InChI=1S/C22H22N2O4/c1-3-28-22(27)19-17-16(18(23-19)14-11-9-13(2)10-12-14)20(25)24(21(17)26)15-7-5-4-6-8-15/h4-12,16-19,23H,3H2,1-2H3/t16-,17+,18-,19-/m0/s1. The van der Waals surface area contributed by atoms with E-state index in [1.165, 1.54) is 4.90 Å². The molecule has 2 aliphatic rings. The van der Waals surface area contributed by atoms with E-state index in [1.54, 1.807) is 31.2 Å². The zero-order valence-electron chi connectivity index (χ0n) is 15.8. The molecule has 4 rings (SSSR count). The summed E-state index contributed by atoms with van der Waals surface area (Å²) in [7, 11) is 0. The molecule has 2 saturated heterocycles. The van der Waals surface area contributed by atoms with E-state index in [0.29, 0.717) is 5.69 Å². The van der Waals surface area contributed by atoms with E-state index in [0.717, 1.165) is 11.1 Å². The molecule has 2 amide bonds. The summed E-state index contributed by atoms with van der Waals surface area (Å²) in [6, 6.07) is 15.3. The molecule has 2 fully saturated rings. The normalized spacial score (nSPS) is 26.4. The summed E-state index contributed by atoms with van der Waals surface area (Å²) in [4.78, 5) is 40.3. The molecule has 6 nitrogen and oxygen atoms in total. The number of para-hydroxylation sites is 1. The van der Waals surface area contributed by atoms with Crippen molar-refractivity contribution in [3.8, 4) is 0 Å². The molecule has 1 N–H and O–H groups in total. The number of hydrogen-bond donors (Lipinski definition) is 1. The van der Waals surface area contributed by atoms with Crippen LogP contribution in [-0.2, 0) is 19.1 Å². The van der Waals surface area contributed by atoms with Crippen LogP contribution in [0, 0.1) is 18.8 Å². The number of anilines is 1. The van der Waals surface area contributed by atoms with Gasteiger partial charge in [-0.3, -0.25) is 19.7 Å². The molecule has 2 aromatic rings. The third kappa shape index (κ3) is 2.90. The minimum Gasteiger partial charge on any atom is -0.465 e. The van der Waals surface area contributed by atoms with Gasteiger partial charge in [-0.25, -0.2) is 4.90 Å². The topological polar surface area (TPSA) is 75.7 Å². The average Bonchev–Trinajstić information content (AvgIpc) is 3.21. The number of benzene rings is 2. The molecule has 0 saturated carbocycles. The molecule has 0 aliphatic carbocycles. The van der Waals surface area contributed by atoms with Gasteiger partial charge in [-0.05, 0) is 31.5 Å². The zero-order chi connectivity index (χ0) is 19.8. The maximum Gasteiger partial charge on any atom is 0.324 e. The predicted octanol–water partition coefficient (Wildman–Crippen LogP) is 2.38. The molecule has 0 bridgehead atoms. The van der Waals surface area contributed by atoms with Gasteiger partial charge in [-0.2, -0.15) is 0 Å². The van der Waals surface area contributed by atoms with Crippen molar-refractivity contribution >= 4 is 23.5 Å².